The topological polar surface area (TPSA) is 166 Å². The summed E-state index contributed by atoms with van der Waals surface area (Å²) in [6, 6.07) is 9.03. The van der Waals surface area contributed by atoms with Crippen LogP contribution in [0.15, 0.2) is 60.9 Å². The second-order valence-electron chi connectivity index (χ2n) is 17.4. The quantitative estimate of drug-likeness (QED) is 0.0857. The molecule has 2 saturated heterocycles. The molecule has 4 N–H and O–H groups in total. The number of halogens is 8. The van der Waals surface area contributed by atoms with E-state index in [2.05, 4.69) is 45.9 Å². The van der Waals surface area contributed by atoms with E-state index >= 15 is 4.39 Å². The van der Waals surface area contributed by atoms with Gasteiger partial charge in [-0.3, -0.25) is 4.90 Å². The van der Waals surface area contributed by atoms with E-state index in [1.165, 1.54) is 30.5 Å². The third kappa shape index (κ3) is 11.2. The number of nitrogens with zero attached hydrogens (tertiary/aromatic N) is 8. The largest absolute Gasteiger partial charge is 0.472 e. The Morgan fingerprint density at radius 2 is 1.28 bits per heavy atom. The summed E-state index contributed by atoms with van der Waals surface area (Å²) >= 11 is 0. The van der Waals surface area contributed by atoms with Crippen LogP contribution in [0.2, 0.25) is 0 Å². The number of nitrogens with one attached hydrogen (secondary N) is 3. The van der Waals surface area contributed by atoms with Crippen molar-refractivity contribution < 1.29 is 45.4 Å². The van der Waals surface area contributed by atoms with Gasteiger partial charge in [-0.2, -0.15) is 0 Å². The summed E-state index contributed by atoms with van der Waals surface area (Å²) < 4.78 is 103. The SMILES string of the molecule is Cc1nc(N[C@H](C)c2cccc(C(F)F)c2F)c2cc(N3CC(F)C(N(C(=O)O)C(C)(C)C)C3)ncc2n1.Cc1nc(N[C@H](C)c2cccc(C(F)F)c2F)c2cc(OC3CNC3)ncc2n1.Cl. The molecule has 0 bridgehead atoms. The number of ether oxygens (including phenoxy) is 1. The molecule has 0 aliphatic carbocycles. The van der Waals surface area contributed by atoms with Gasteiger partial charge in [0.15, 0.2) is 0 Å². The molecule has 4 aromatic heterocycles. The van der Waals surface area contributed by atoms with Gasteiger partial charge in [-0.25, -0.2) is 65.4 Å². The van der Waals surface area contributed by atoms with E-state index in [0.717, 1.165) is 30.1 Å². The highest BCUT2D eigenvalue weighted by atomic mass is 35.5. The van der Waals surface area contributed by atoms with Crippen LogP contribution in [0.4, 0.5) is 53.0 Å². The molecule has 6 heterocycles. The Morgan fingerprint density at radius 1 is 0.794 bits per heavy atom. The van der Waals surface area contributed by atoms with Crippen molar-refractivity contribution in [2.24, 2.45) is 0 Å². The summed E-state index contributed by atoms with van der Waals surface area (Å²) in [5.74, 6) is 0.651. The number of hydrogen-bond acceptors (Lipinski definition) is 12. The van der Waals surface area contributed by atoms with Crippen LogP contribution in [0.3, 0.4) is 0 Å². The van der Waals surface area contributed by atoms with Crippen LogP contribution in [0.1, 0.15) is 93.5 Å². The van der Waals surface area contributed by atoms with Gasteiger partial charge in [0.25, 0.3) is 12.9 Å². The lowest BCUT2D eigenvalue weighted by Gasteiger charge is -2.38. The van der Waals surface area contributed by atoms with E-state index in [9.17, 15) is 36.2 Å². The maximum Gasteiger partial charge on any atom is 0.408 e. The molecular weight excluding hydrogens is 923 g/mol. The van der Waals surface area contributed by atoms with Crippen molar-refractivity contribution in [3.8, 4) is 5.88 Å². The van der Waals surface area contributed by atoms with Crippen molar-refractivity contribution in [2.45, 2.75) is 97.3 Å². The third-order valence-corrected chi connectivity index (χ3v) is 11.4. The smallest absolute Gasteiger partial charge is 0.408 e. The first-order chi connectivity index (χ1) is 31.7. The van der Waals surface area contributed by atoms with E-state index in [4.69, 9.17) is 4.74 Å². The summed E-state index contributed by atoms with van der Waals surface area (Å²) in [5.41, 5.74) is -0.822. The highest BCUT2D eigenvalue weighted by Gasteiger charge is 2.44. The molecule has 22 heteroatoms. The molecular formula is C46H51ClF7N11O3. The van der Waals surface area contributed by atoms with Gasteiger partial charge in [0.1, 0.15) is 53.0 Å². The molecule has 0 radical (unpaired) electrons. The van der Waals surface area contributed by atoms with Gasteiger partial charge >= 0.3 is 6.09 Å². The van der Waals surface area contributed by atoms with Gasteiger partial charge in [0.2, 0.25) is 5.88 Å². The standard InChI is InChI=1S/C26H30F4N6O2.C20H20F3N5O.ClH/c1-13(15-7-6-8-16(22(15)28)23(29)30)32-24-17-9-21(31-10-19(17)33-14(2)34-24)35-11-18(27)20(12-35)36(25(37)38)26(3,4)5;1-10(13-4-3-5-14(18(13)21)19(22)23)26-20-15-6-17(29-12-7-24-8-12)25-9-16(15)27-11(2)28-20;/h6-10,13,18,20,23H,11-12H2,1-5H3,(H,37,38)(H,32,33,34);3-6,9-10,12,19,24H,7-8H2,1-2H3,(H,26,27,28);1H/t13-,18?,20?;10-;/m11./s1. The number of aromatic nitrogens is 6. The molecule has 68 heavy (non-hydrogen) atoms. The molecule has 2 fully saturated rings. The lowest BCUT2D eigenvalue weighted by molar-refractivity contribution is 0.0542. The zero-order chi connectivity index (χ0) is 48.5. The van der Waals surface area contributed by atoms with Crippen LogP contribution < -0.4 is 25.6 Å². The number of hydrogen-bond donors (Lipinski definition) is 4. The Morgan fingerprint density at radius 3 is 1.74 bits per heavy atom. The van der Waals surface area contributed by atoms with Crippen LogP contribution in [0.5, 0.6) is 5.88 Å². The highest BCUT2D eigenvalue weighted by Crippen LogP contribution is 2.35. The maximum atomic E-state index is 15.1. The van der Waals surface area contributed by atoms with Gasteiger partial charge in [-0.1, -0.05) is 36.4 Å². The number of amides is 1. The fraction of sp³-hybridized carbons (Fsp3) is 0.413. The fourth-order valence-electron chi connectivity index (χ4n) is 8.05. The molecule has 2 aromatic carbocycles. The Labute approximate surface area is 393 Å². The van der Waals surface area contributed by atoms with E-state index in [0.29, 0.717) is 56.8 Å². The Kier molecular flexibility index (Phi) is 15.7. The first-order valence-corrected chi connectivity index (χ1v) is 21.4. The molecule has 1 amide bonds. The van der Waals surface area contributed by atoms with Crippen molar-refractivity contribution in [1.29, 1.82) is 0 Å². The number of rotatable bonds is 12. The molecule has 364 valence electrons. The molecule has 2 aliphatic rings. The monoisotopic (exact) mass is 973 g/mol. The number of alkyl halides is 5. The lowest BCUT2D eigenvalue weighted by atomic mass is 10.0. The second kappa shape index (κ2) is 20.9. The van der Waals surface area contributed by atoms with Gasteiger partial charge in [-0.05, 0) is 54.5 Å². The van der Waals surface area contributed by atoms with Gasteiger partial charge in [0, 0.05) is 53.1 Å². The van der Waals surface area contributed by atoms with Crippen LogP contribution in [0.25, 0.3) is 21.8 Å². The molecule has 0 saturated carbocycles. The van der Waals surface area contributed by atoms with Gasteiger partial charge in [-0.15, -0.1) is 12.4 Å². The first kappa shape index (κ1) is 51.0. The number of pyridine rings is 2. The zero-order valence-corrected chi connectivity index (χ0v) is 38.9. The zero-order valence-electron chi connectivity index (χ0n) is 38.0. The van der Waals surface area contributed by atoms with E-state index in [1.807, 2.05) is 0 Å². The summed E-state index contributed by atoms with van der Waals surface area (Å²) in [7, 11) is 0. The number of fused-ring (bicyclic) bond motifs is 2. The van der Waals surface area contributed by atoms with Crippen molar-refractivity contribution in [2.75, 3.05) is 41.7 Å². The van der Waals surface area contributed by atoms with Gasteiger partial charge < -0.3 is 30.7 Å². The third-order valence-electron chi connectivity index (χ3n) is 11.4. The van der Waals surface area contributed by atoms with Crippen molar-refractivity contribution >= 4 is 57.8 Å². The van der Waals surface area contributed by atoms with Crippen molar-refractivity contribution in [3.05, 3.63) is 106 Å². The predicted octanol–water partition coefficient (Wildman–Crippen LogP) is 10.2. The Bertz CT molecular complexity index is 2770. The average molecular weight is 974 g/mol. The number of aryl methyl sites for hydroxylation is 2. The Balaban J connectivity index is 0.000000228. The number of benzene rings is 2. The van der Waals surface area contributed by atoms with Gasteiger partial charge in [0.05, 0.1) is 59.2 Å². The summed E-state index contributed by atoms with van der Waals surface area (Å²) in [6.07, 6.45) is -5.29. The van der Waals surface area contributed by atoms with Crippen molar-refractivity contribution in [1.82, 2.24) is 40.1 Å². The van der Waals surface area contributed by atoms with Crippen LogP contribution in [-0.2, 0) is 0 Å². The lowest BCUT2D eigenvalue weighted by Crippen LogP contribution is -2.54. The van der Waals surface area contributed by atoms with Crippen LogP contribution >= 0.6 is 12.4 Å². The molecule has 4 atom stereocenters. The first-order valence-electron chi connectivity index (χ1n) is 21.4. The summed E-state index contributed by atoms with van der Waals surface area (Å²) in [5, 5.41) is 20.2. The molecule has 0 spiro atoms. The highest BCUT2D eigenvalue weighted by molar-refractivity contribution is 5.91. The Hall–Kier alpha value is -6.35. The van der Waals surface area contributed by atoms with E-state index in [-0.39, 0.29) is 42.7 Å². The normalized spacial score (nSPS) is 17.0. The maximum absolute atomic E-state index is 15.1. The minimum atomic E-state index is -2.95. The van der Waals surface area contributed by atoms with Crippen LogP contribution in [0, 0.1) is 25.5 Å². The van der Waals surface area contributed by atoms with E-state index < -0.39 is 71.5 Å². The average Bonchev–Trinajstić information content (AvgIpc) is 3.61. The minimum Gasteiger partial charge on any atom is -0.472 e. The van der Waals surface area contributed by atoms with E-state index in [1.54, 1.807) is 71.7 Å². The molecule has 2 aliphatic heterocycles. The number of anilines is 3. The molecule has 6 aromatic rings. The molecule has 14 nitrogen and oxygen atoms in total. The number of carbonyl (C=O) groups is 1. The summed E-state index contributed by atoms with van der Waals surface area (Å²) in [4.78, 5) is 41.0. The molecule has 2 unspecified atom stereocenters. The summed E-state index contributed by atoms with van der Waals surface area (Å²) in [6.45, 7) is 13.4. The van der Waals surface area contributed by atoms with Crippen molar-refractivity contribution in [3.63, 3.8) is 0 Å². The predicted molar refractivity (Wildman–Crippen MR) is 246 cm³/mol. The molecule has 8 rings (SSSR count). The minimum absolute atomic E-state index is 0. The fourth-order valence-corrected chi connectivity index (χ4v) is 8.05. The second-order valence-corrected chi connectivity index (χ2v) is 17.4. The number of carboxylic acid groups (broad SMARTS) is 1. The van der Waals surface area contributed by atoms with Crippen LogP contribution in [-0.4, -0.2) is 96.0 Å².